The third kappa shape index (κ3) is 3.78. The van der Waals surface area contributed by atoms with Gasteiger partial charge < -0.3 is 8.83 Å². The molecule has 2 aromatic heterocycles. The number of fused-ring (bicyclic) bond motifs is 9. The average molecular weight is 577 g/mol. The molecule has 0 unspecified atom stereocenters. The van der Waals surface area contributed by atoms with Gasteiger partial charge in [-0.2, -0.15) is 0 Å². The number of hydrogen-bond donors (Lipinski definition) is 0. The standard InChI is InChI=1S/C38H24O4S/c39-43(40)21-25-16-15-24(28-9-6-14-36-37(28)32-8-2-4-13-35(32)41-36)20-33(25)27-18-17-23(19-26(27)22-43)29-10-5-11-31-30-7-1-3-12-34(30)42-38(29)31/h1-20H,21-22H2. The van der Waals surface area contributed by atoms with Gasteiger partial charge in [-0.25, -0.2) is 8.42 Å². The second-order valence-corrected chi connectivity index (χ2v) is 13.4. The van der Waals surface area contributed by atoms with Crippen molar-refractivity contribution in [3.8, 4) is 33.4 Å². The Morgan fingerprint density at radius 2 is 1.12 bits per heavy atom. The Hall–Kier alpha value is -5.13. The molecule has 0 fully saturated rings. The minimum absolute atomic E-state index is 0.00459. The molecule has 0 N–H and O–H groups in total. The summed E-state index contributed by atoms with van der Waals surface area (Å²) < 4.78 is 39.2. The van der Waals surface area contributed by atoms with Crippen LogP contribution < -0.4 is 0 Å². The van der Waals surface area contributed by atoms with Gasteiger partial charge in [-0.05, 0) is 69.3 Å². The predicted octanol–water partition coefficient (Wildman–Crippen LogP) is 9.91. The maximum atomic E-state index is 13.4. The van der Waals surface area contributed by atoms with Crippen LogP contribution >= 0.6 is 0 Å². The summed E-state index contributed by atoms with van der Waals surface area (Å²) in [5.74, 6) is -0.0110. The van der Waals surface area contributed by atoms with Gasteiger partial charge in [0.05, 0.1) is 11.5 Å². The van der Waals surface area contributed by atoms with Crippen LogP contribution in [-0.4, -0.2) is 8.42 Å². The van der Waals surface area contributed by atoms with Crippen molar-refractivity contribution >= 4 is 53.7 Å². The second kappa shape index (κ2) is 8.93. The fraction of sp³-hybridized carbons (Fsp3) is 0.0526. The van der Waals surface area contributed by atoms with Gasteiger partial charge >= 0.3 is 0 Å². The fourth-order valence-electron chi connectivity index (χ4n) is 6.78. The topological polar surface area (TPSA) is 60.4 Å². The Labute approximate surface area is 247 Å². The molecule has 0 amide bonds. The van der Waals surface area contributed by atoms with Gasteiger partial charge in [0, 0.05) is 27.1 Å². The van der Waals surface area contributed by atoms with Crippen LogP contribution in [0.4, 0.5) is 0 Å². The molecule has 0 spiro atoms. The highest BCUT2D eigenvalue weighted by Crippen LogP contribution is 2.42. The summed E-state index contributed by atoms with van der Waals surface area (Å²) in [6, 6.07) is 40.7. The lowest BCUT2D eigenvalue weighted by atomic mass is 9.90. The van der Waals surface area contributed by atoms with Gasteiger partial charge in [-0.1, -0.05) is 91.0 Å². The summed E-state index contributed by atoms with van der Waals surface area (Å²) in [5, 5.41) is 4.24. The number of para-hydroxylation sites is 3. The van der Waals surface area contributed by atoms with Gasteiger partial charge in [-0.15, -0.1) is 0 Å². The Morgan fingerprint density at radius 3 is 2.00 bits per heavy atom. The summed E-state index contributed by atoms with van der Waals surface area (Å²) in [6.07, 6.45) is 0. The molecule has 6 aromatic carbocycles. The van der Waals surface area contributed by atoms with Crippen molar-refractivity contribution < 1.29 is 17.3 Å². The monoisotopic (exact) mass is 576 g/mol. The van der Waals surface area contributed by atoms with E-state index in [1.165, 1.54) is 0 Å². The van der Waals surface area contributed by atoms with E-state index in [4.69, 9.17) is 8.83 Å². The van der Waals surface area contributed by atoms with Gasteiger partial charge in [0.15, 0.2) is 9.84 Å². The zero-order valence-corrected chi connectivity index (χ0v) is 23.8. The molecule has 1 aliphatic rings. The Bertz CT molecular complexity index is 2530. The van der Waals surface area contributed by atoms with E-state index in [2.05, 4.69) is 42.5 Å². The minimum Gasteiger partial charge on any atom is -0.456 e. The summed E-state index contributed by atoms with van der Waals surface area (Å²) in [5.41, 5.74) is 10.8. The maximum absolute atomic E-state index is 13.4. The van der Waals surface area contributed by atoms with Crippen LogP contribution in [-0.2, 0) is 21.3 Å². The molecule has 4 nitrogen and oxygen atoms in total. The van der Waals surface area contributed by atoms with E-state index in [1.807, 2.05) is 78.9 Å². The van der Waals surface area contributed by atoms with Crippen molar-refractivity contribution in [1.82, 2.24) is 0 Å². The van der Waals surface area contributed by atoms with Crippen LogP contribution in [0.5, 0.6) is 0 Å². The number of sulfone groups is 1. The van der Waals surface area contributed by atoms with Crippen LogP contribution in [0, 0.1) is 0 Å². The largest absolute Gasteiger partial charge is 0.456 e. The molecule has 1 aliphatic heterocycles. The first-order chi connectivity index (χ1) is 21.0. The zero-order chi connectivity index (χ0) is 28.7. The van der Waals surface area contributed by atoms with Crippen molar-refractivity contribution in [2.24, 2.45) is 0 Å². The second-order valence-electron chi connectivity index (χ2n) is 11.3. The van der Waals surface area contributed by atoms with Crippen molar-refractivity contribution in [3.63, 3.8) is 0 Å². The first-order valence-corrected chi connectivity index (χ1v) is 16.1. The van der Waals surface area contributed by atoms with E-state index in [9.17, 15) is 8.42 Å². The van der Waals surface area contributed by atoms with E-state index in [0.717, 1.165) is 88.4 Å². The maximum Gasteiger partial charge on any atom is 0.158 e. The summed E-state index contributed by atoms with van der Waals surface area (Å²) in [7, 11) is -3.38. The molecule has 0 radical (unpaired) electrons. The molecular formula is C38H24O4S. The SMILES string of the molecule is O=S1(=O)Cc2cc(-c3cccc4c3oc3ccccc34)ccc2-c2cc(-c3cccc4oc5ccccc5c34)ccc2C1. The van der Waals surface area contributed by atoms with Crippen LogP contribution in [0.25, 0.3) is 77.3 Å². The van der Waals surface area contributed by atoms with Crippen molar-refractivity contribution in [2.75, 3.05) is 0 Å². The van der Waals surface area contributed by atoms with Gasteiger partial charge in [0.25, 0.3) is 0 Å². The third-order valence-electron chi connectivity index (χ3n) is 8.68. The van der Waals surface area contributed by atoms with Crippen LogP contribution in [0.1, 0.15) is 11.1 Å². The predicted molar refractivity (Wildman–Crippen MR) is 174 cm³/mol. The first kappa shape index (κ1) is 24.5. The zero-order valence-electron chi connectivity index (χ0n) is 23.0. The third-order valence-corrected chi connectivity index (χ3v) is 10.2. The van der Waals surface area contributed by atoms with Gasteiger partial charge in [0.1, 0.15) is 22.3 Å². The van der Waals surface area contributed by atoms with E-state index in [0.29, 0.717) is 0 Å². The van der Waals surface area contributed by atoms with E-state index in [-0.39, 0.29) is 11.5 Å². The van der Waals surface area contributed by atoms with Crippen LogP contribution in [0.3, 0.4) is 0 Å². The quantitative estimate of drug-likeness (QED) is 0.205. The molecule has 206 valence electrons. The molecule has 8 aromatic rings. The Morgan fingerprint density at radius 1 is 0.465 bits per heavy atom. The Kier molecular flexibility index (Phi) is 5.08. The molecule has 3 heterocycles. The lowest BCUT2D eigenvalue weighted by Crippen LogP contribution is -2.05. The number of rotatable bonds is 2. The fourth-order valence-corrected chi connectivity index (χ4v) is 8.32. The molecule has 0 atom stereocenters. The molecule has 0 bridgehead atoms. The normalized spacial score (nSPS) is 14.2. The van der Waals surface area contributed by atoms with Crippen molar-refractivity contribution in [2.45, 2.75) is 11.5 Å². The molecular weight excluding hydrogens is 552 g/mol. The molecule has 0 saturated carbocycles. The highest BCUT2D eigenvalue weighted by atomic mass is 32.2. The lowest BCUT2D eigenvalue weighted by Gasteiger charge is -2.13. The van der Waals surface area contributed by atoms with Gasteiger partial charge in [0.2, 0.25) is 0 Å². The highest BCUT2D eigenvalue weighted by Gasteiger charge is 2.25. The van der Waals surface area contributed by atoms with E-state index < -0.39 is 9.84 Å². The smallest absolute Gasteiger partial charge is 0.158 e. The van der Waals surface area contributed by atoms with Crippen molar-refractivity contribution in [1.29, 1.82) is 0 Å². The minimum atomic E-state index is -3.38. The van der Waals surface area contributed by atoms with Crippen LogP contribution in [0.2, 0.25) is 0 Å². The summed E-state index contributed by atoms with van der Waals surface area (Å²) in [6.45, 7) is 0. The number of benzene rings is 6. The number of hydrogen-bond acceptors (Lipinski definition) is 4. The lowest BCUT2D eigenvalue weighted by molar-refractivity contribution is 0.595. The highest BCUT2D eigenvalue weighted by molar-refractivity contribution is 7.89. The molecule has 9 rings (SSSR count). The molecule has 5 heteroatoms. The van der Waals surface area contributed by atoms with Gasteiger partial charge in [-0.3, -0.25) is 0 Å². The summed E-state index contributed by atoms with van der Waals surface area (Å²) >= 11 is 0. The molecule has 43 heavy (non-hydrogen) atoms. The summed E-state index contributed by atoms with van der Waals surface area (Å²) in [4.78, 5) is 0. The number of furan rings is 2. The van der Waals surface area contributed by atoms with Crippen LogP contribution in [0.15, 0.2) is 130 Å². The molecule has 0 aliphatic carbocycles. The van der Waals surface area contributed by atoms with Crippen molar-refractivity contribution in [3.05, 3.63) is 132 Å². The molecule has 0 saturated heterocycles. The average Bonchev–Trinajstić information content (AvgIpc) is 3.56. The Balaban J connectivity index is 1.24. The van der Waals surface area contributed by atoms with E-state index >= 15 is 0 Å². The van der Waals surface area contributed by atoms with E-state index in [1.54, 1.807) is 0 Å². The first-order valence-electron chi connectivity index (χ1n) is 14.3.